The molecule has 0 spiro atoms. The number of anilines is 1. The molecule has 0 bridgehead atoms. The number of carbonyl (C=O) groups excluding carboxylic acids is 1. The zero-order chi connectivity index (χ0) is 14.6. The molecule has 1 amide bonds. The van der Waals surface area contributed by atoms with Crippen LogP contribution in [-0.2, 0) is 4.79 Å². The van der Waals surface area contributed by atoms with Gasteiger partial charge in [-0.1, -0.05) is 25.4 Å². The van der Waals surface area contributed by atoms with Crippen molar-refractivity contribution in [3.8, 4) is 0 Å². The second-order valence-electron chi connectivity index (χ2n) is 4.40. The number of carbonyl (C=O) groups is 1. The standard InChI is InChI=1S/C12H16ClN3O3/c1-7(2)11(12(17)14-3)15-10-5-4-8(16(18)19)6-9(10)13/h4-7,11,15H,1-3H3,(H,14,17). The number of nitro groups is 1. The summed E-state index contributed by atoms with van der Waals surface area (Å²) >= 11 is 5.97. The van der Waals surface area contributed by atoms with E-state index in [1.165, 1.54) is 18.2 Å². The van der Waals surface area contributed by atoms with Gasteiger partial charge in [0.05, 0.1) is 15.6 Å². The summed E-state index contributed by atoms with van der Waals surface area (Å²) in [4.78, 5) is 21.8. The van der Waals surface area contributed by atoms with E-state index in [2.05, 4.69) is 10.6 Å². The van der Waals surface area contributed by atoms with Crippen LogP contribution in [0.4, 0.5) is 11.4 Å². The summed E-state index contributed by atoms with van der Waals surface area (Å²) in [5.41, 5.74) is 0.408. The van der Waals surface area contributed by atoms with Gasteiger partial charge in [-0.3, -0.25) is 14.9 Å². The Morgan fingerprint density at radius 3 is 2.47 bits per heavy atom. The lowest BCUT2D eigenvalue weighted by atomic mass is 10.0. The highest BCUT2D eigenvalue weighted by Gasteiger charge is 2.22. The van der Waals surface area contributed by atoms with Crippen molar-refractivity contribution in [2.45, 2.75) is 19.9 Å². The molecule has 0 aliphatic rings. The number of nitrogens with one attached hydrogen (secondary N) is 2. The molecular formula is C12H16ClN3O3. The Bertz CT molecular complexity index is 491. The molecule has 0 saturated carbocycles. The normalized spacial score (nSPS) is 12.1. The highest BCUT2D eigenvalue weighted by molar-refractivity contribution is 6.33. The van der Waals surface area contributed by atoms with Crippen LogP contribution in [0.25, 0.3) is 0 Å². The molecule has 6 nitrogen and oxygen atoms in total. The van der Waals surface area contributed by atoms with Crippen LogP contribution < -0.4 is 10.6 Å². The van der Waals surface area contributed by atoms with Crippen LogP contribution in [0.5, 0.6) is 0 Å². The Morgan fingerprint density at radius 1 is 1.42 bits per heavy atom. The van der Waals surface area contributed by atoms with Crippen molar-refractivity contribution >= 4 is 28.9 Å². The maximum absolute atomic E-state index is 11.7. The molecule has 1 atom stereocenters. The fourth-order valence-electron chi connectivity index (χ4n) is 1.59. The topological polar surface area (TPSA) is 84.3 Å². The Balaban J connectivity index is 2.97. The summed E-state index contributed by atoms with van der Waals surface area (Å²) in [6.07, 6.45) is 0. The zero-order valence-electron chi connectivity index (χ0n) is 10.9. The third-order valence-corrected chi connectivity index (χ3v) is 2.98. The average Bonchev–Trinajstić information content (AvgIpc) is 2.35. The van der Waals surface area contributed by atoms with Crippen LogP contribution in [0, 0.1) is 16.0 Å². The molecule has 0 saturated heterocycles. The van der Waals surface area contributed by atoms with Gasteiger partial charge in [-0.05, 0) is 12.0 Å². The largest absolute Gasteiger partial charge is 0.372 e. The smallest absolute Gasteiger partial charge is 0.271 e. The number of hydrogen-bond donors (Lipinski definition) is 2. The Kier molecular flexibility index (Phi) is 5.11. The summed E-state index contributed by atoms with van der Waals surface area (Å²) in [7, 11) is 1.55. The number of amides is 1. The van der Waals surface area contributed by atoms with E-state index < -0.39 is 11.0 Å². The minimum atomic E-state index is -0.520. The molecule has 0 heterocycles. The molecule has 0 aliphatic heterocycles. The number of likely N-dealkylation sites (N-methyl/N-ethyl adjacent to an activating group) is 1. The molecule has 7 heteroatoms. The molecule has 0 radical (unpaired) electrons. The maximum atomic E-state index is 11.7. The van der Waals surface area contributed by atoms with Crippen molar-refractivity contribution in [3.63, 3.8) is 0 Å². The fourth-order valence-corrected chi connectivity index (χ4v) is 1.82. The van der Waals surface area contributed by atoms with E-state index in [4.69, 9.17) is 11.6 Å². The minimum absolute atomic E-state index is 0.0474. The summed E-state index contributed by atoms with van der Waals surface area (Å²) in [5.74, 6) is -0.115. The van der Waals surface area contributed by atoms with E-state index in [9.17, 15) is 14.9 Å². The number of non-ortho nitro benzene ring substituents is 1. The summed E-state index contributed by atoms with van der Waals surface area (Å²) in [6, 6.07) is 3.64. The SMILES string of the molecule is CNC(=O)C(Nc1ccc([N+](=O)[O-])cc1Cl)C(C)C. The number of benzene rings is 1. The third-order valence-electron chi connectivity index (χ3n) is 2.67. The average molecular weight is 286 g/mol. The van der Waals surface area contributed by atoms with Gasteiger partial charge in [0.15, 0.2) is 0 Å². The molecule has 0 aromatic heterocycles. The van der Waals surface area contributed by atoms with E-state index in [1.54, 1.807) is 7.05 Å². The molecule has 1 unspecified atom stereocenters. The van der Waals surface area contributed by atoms with Crippen molar-refractivity contribution in [1.29, 1.82) is 0 Å². The first-order chi connectivity index (χ1) is 8.86. The number of rotatable bonds is 5. The molecule has 2 N–H and O–H groups in total. The Labute approximate surface area is 116 Å². The number of halogens is 1. The van der Waals surface area contributed by atoms with Gasteiger partial charge in [0.2, 0.25) is 5.91 Å². The quantitative estimate of drug-likeness (QED) is 0.643. The van der Waals surface area contributed by atoms with Gasteiger partial charge >= 0.3 is 0 Å². The van der Waals surface area contributed by atoms with E-state index in [-0.39, 0.29) is 22.5 Å². The second kappa shape index (κ2) is 6.38. The fraction of sp³-hybridized carbons (Fsp3) is 0.417. The van der Waals surface area contributed by atoms with Crippen LogP contribution in [0.2, 0.25) is 5.02 Å². The maximum Gasteiger partial charge on any atom is 0.271 e. The molecule has 104 valence electrons. The van der Waals surface area contributed by atoms with E-state index >= 15 is 0 Å². The summed E-state index contributed by atoms with van der Waals surface area (Å²) < 4.78 is 0. The van der Waals surface area contributed by atoms with E-state index in [0.29, 0.717) is 5.69 Å². The van der Waals surface area contributed by atoms with Gasteiger partial charge in [0, 0.05) is 19.2 Å². The van der Waals surface area contributed by atoms with Crippen LogP contribution in [0.15, 0.2) is 18.2 Å². The lowest BCUT2D eigenvalue weighted by molar-refractivity contribution is -0.384. The second-order valence-corrected chi connectivity index (χ2v) is 4.81. The van der Waals surface area contributed by atoms with Crippen molar-refractivity contribution in [1.82, 2.24) is 5.32 Å². The molecule has 0 fully saturated rings. The number of nitro benzene ring substituents is 1. The van der Waals surface area contributed by atoms with Crippen molar-refractivity contribution in [3.05, 3.63) is 33.3 Å². The first kappa shape index (κ1) is 15.2. The van der Waals surface area contributed by atoms with Gasteiger partial charge in [-0.15, -0.1) is 0 Å². The number of hydrogen-bond acceptors (Lipinski definition) is 4. The lowest BCUT2D eigenvalue weighted by Gasteiger charge is -2.22. The van der Waals surface area contributed by atoms with Crippen LogP contribution in [0.1, 0.15) is 13.8 Å². The van der Waals surface area contributed by atoms with Gasteiger partial charge in [0.25, 0.3) is 5.69 Å². The Hall–Kier alpha value is -1.82. The van der Waals surface area contributed by atoms with Gasteiger partial charge in [-0.2, -0.15) is 0 Å². The molecule has 0 aliphatic carbocycles. The first-order valence-corrected chi connectivity index (χ1v) is 6.16. The van der Waals surface area contributed by atoms with Gasteiger partial charge in [-0.25, -0.2) is 0 Å². The Morgan fingerprint density at radius 2 is 2.05 bits per heavy atom. The summed E-state index contributed by atoms with van der Waals surface area (Å²) in [5, 5.41) is 16.4. The van der Waals surface area contributed by atoms with Crippen molar-refractivity contribution in [2.75, 3.05) is 12.4 Å². The van der Waals surface area contributed by atoms with Crippen LogP contribution >= 0.6 is 11.6 Å². The molecular weight excluding hydrogens is 270 g/mol. The summed E-state index contributed by atoms with van der Waals surface area (Å²) in [6.45, 7) is 3.79. The number of nitrogens with zero attached hydrogens (tertiary/aromatic N) is 1. The monoisotopic (exact) mass is 285 g/mol. The highest BCUT2D eigenvalue weighted by atomic mass is 35.5. The predicted octanol–water partition coefficient (Wildman–Crippen LogP) is 2.43. The van der Waals surface area contributed by atoms with Gasteiger partial charge in [0.1, 0.15) is 6.04 Å². The first-order valence-electron chi connectivity index (χ1n) is 5.79. The molecule has 1 aromatic carbocycles. The highest BCUT2D eigenvalue weighted by Crippen LogP contribution is 2.27. The molecule has 1 aromatic rings. The van der Waals surface area contributed by atoms with Crippen molar-refractivity contribution < 1.29 is 9.72 Å². The predicted molar refractivity (Wildman–Crippen MR) is 74.4 cm³/mol. The third kappa shape index (κ3) is 3.82. The molecule has 1 rings (SSSR count). The van der Waals surface area contributed by atoms with E-state index in [0.717, 1.165) is 0 Å². The van der Waals surface area contributed by atoms with Gasteiger partial charge < -0.3 is 10.6 Å². The lowest BCUT2D eigenvalue weighted by Crippen LogP contribution is -2.41. The van der Waals surface area contributed by atoms with Crippen molar-refractivity contribution in [2.24, 2.45) is 5.92 Å². The van der Waals surface area contributed by atoms with E-state index in [1.807, 2.05) is 13.8 Å². The zero-order valence-corrected chi connectivity index (χ0v) is 11.7. The minimum Gasteiger partial charge on any atom is -0.372 e. The molecule has 19 heavy (non-hydrogen) atoms. The van der Waals surface area contributed by atoms with Crippen LogP contribution in [0.3, 0.4) is 0 Å². The van der Waals surface area contributed by atoms with Crippen LogP contribution in [-0.4, -0.2) is 23.9 Å².